The van der Waals surface area contributed by atoms with Gasteiger partial charge < -0.3 is 14.2 Å². The predicted molar refractivity (Wildman–Crippen MR) is 312 cm³/mol. The zero-order valence-corrected chi connectivity index (χ0v) is 49.2. The number of ether oxygens (including phenoxy) is 3. The molecule has 0 radical (unpaired) electrons. The van der Waals surface area contributed by atoms with E-state index in [0.717, 1.165) is 57.8 Å². The lowest BCUT2D eigenvalue weighted by molar-refractivity contribution is -0.167. The number of unbranched alkanes of at least 4 members (excludes halogenated alkanes) is 51. The van der Waals surface area contributed by atoms with Gasteiger partial charge in [0.15, 0.2) is 6.10 Å². The van der Waals surface area contributed by atoms with Crippen molar-refractivity contribution in [3.8, 4) is 0 Å². The van der Waals surface area contributed by atoms with E-state index < -0.39 is 6.10 Å². The lowest BCUT2D eigenvalue weighted by atomic mass is 10.0. The Kier molecular flexibility index (Phi) is 60.6. The maximum absolute atomic E-state index is 12.8. The van der Waals surface area contributed by atoms with Gasteiger partial charge in [-0.05, 0) is 19.3 Å². The van der Waals surface area contributed by atoms with Gasteiger partial charge in [0.1, 0.15) is 13.2 Å². The van der Waals surface area contributed by atoms with Crippen LogP contribution in [0.1, 0.15) is 387 Å². The van der Waals surface area contributed by atoms with Gasteiger partial charge in [0.05, 0.1) is 0 Å². The third kappa shape index (κ3) is 59.3. The molecule has 6 nitrogen and oxygen atoms in total. The largest absolute Gasteiger partial charge is 0.462 e. The highest BCUT2D eigenvalue weighted by Gasteiger charge is 2.19. The fourth-order valence-electron chi connectivity index (χ4n) is 10.4. The first-order chi connectivity index (χ1) is 35.5. The molecule has 0 amide bonds. The molecular formula is C66H128O6. The number of hydrogen-bond donors (Lipinski definition) is 0. The summed E-state index contributed by atoms with van der Waals surface area (Å²) < 4.78 is 16.9. The lowest BCUT2D eigenvalue weighted by Crippen LogP contribution is -2.30. The first-order valence-electron chi connectivity index (χ1n) is 33.0. The van der Waals surface area contributed by atoms with Crippen LogP contribution in [0.5, 0.6) is 0 Å². The van der Waals surface area contributed by atoms with Crippen molar-refractivity contribution < 1.29 is 28.6 Å². The van der Waals surface area contributed by atoms with Crippen LogP contribution in [-0.4, -0.2) is 37.2 Å². The SMILES string of the molecule is CCCCCCCCCCCCCCCCCCCCCCCCCCCCCCCCCCCC(=O)OCC(COC(=O)CCCCCCCCCCCC)OC(=O)CCCCCCCCCCCCC. The molecule has 0 aromatic carbocycles. The standard InChI is InChI=1S/C66H128O6/c1-4-7-10-13-16-19-22-23-24-25-26-27-28-29-30-31-32-33-34-35-36-37-38-39-40-41-42-43-45-47-50-53-56-59-65(68)71-62-63(61-70-64(67)58-55-52-49-46-21-18-15-12-9-6-3)72-66(69)60-57-54-51-48-44-20-17-14-11-8-5-2/h63H,4-62H2,1-3H3. The first kappa shape index (κ1) is 70.4. The van der Waals surface area contributed by atoms with Crippen molar-refractivity contribution >= 4 is 17.9 Å². The highest BCUT2D eigenvalue weighted by atomic mass is 16.6. The maximum Gasteiger partial charge on any atom is 0.306 e. The van der Waals surface area contributed by atoms with Gasteiger partial charge in [-0.1, -0.05) is 348 Å². The van der Waals surface area contributed by atoms with E-state index in [9.17, 15) is 14.4 Å². The summed E-state index contributed by atoms with van der Waals surface area (Å²) in [5.74, 6) is -0.836. The van der Waals surface area contributed by atoms with Crippen LogP contribution in [0.15, 0.2) is 0 Å². The highest BCUT2D eigenvalue weighted by Crippen LogP contribution is 2.19. The Morgan fingerprint density at radius 3 is 0.556 bits per heavy atom. The van der Waals surface area contributed by atoms with Crippen LogP contribution in [0.3, 0.4) is 0 Å². The van der Waals surface area contributed by atoms with Gasteiger partial charge in [-0.15, -0.1) is 0 Å². The number of carbonyl (C=O) groups is 3. The molecule has 0 saturated heterocycles. The van der Waals surface area contributed by atoms with Gasteiger partial charge >= 0.3 is 17.9 Å². The summed E-state index contributed by atoms with van der Waals surface area (Å²) in [5.41, 5.74) is 0. The van der Waals surface area contributed by atoms with Crippen LogP contribution in [0, 0.1) is 0 Å². The van der Waals surface area contributed by atoms with Crippen LogP contribution >= 0.6 is 0 Å². The van der Waals surface area contributed by atoms with Gasteiger partial charge in [0.2, 0.25) is 0 Å². The predicted octanol–water partition coefficient (Wildman–Crippen LogP) is 22.3. The second kappa shape index (κ2) is 62.0. The zero-order chi connectivity index (χ0) is 52.2. The van der Waals surface area contributed by atoms with Gasteiger partial charge in [-0.2, -0.15) is 0 Å². The first-order valence-corrected chi connectivity index (χ1v) is 33.0. The van der Waals surface area contributed by atoms with E-state index in [-0.39, 0.29) is 31.1 Å². The Bertz CT molecular complexity index is 1080. The Hall–Kier alpha value is -1.59. The topological polar surface area (TPSA) is 78.9 Å². The van der Waals surface area contributed by atoms with Gasteiger partial charge in [-0.25, -0.2) is 0 Å². The van der Waals surface area contributed by atoms with E-state index in [0.29, 0.717) is 19.3 Å². The summed E-state index contributed by atoms with van der Waals surface area (Å²) >= 11 is 0. The Labute approximate surface area is 450 Å². The summed E-state index contributed by atoms with van der Waals surface area (Å²) in [4.78, 5) is 38.0. The minimum Gasteiger partial charge on any atom is -0.462 e. The van der Waals surface area contributed by atoms with E-state index in [1.165, 1.54) is 289 Å². The van der Waals surface area contributed by atoms with Gasteiger partial charge in [-0.3, -0.25) is 14.4 Å². The summed E-state index contributed by atoms with van der Waals surface area (Å²) in [6, 6.07) is 0. The van der Waals surface area contributed by atoms with Crippen molar-refractivity contribution in [1.82, 2.24) is 0 Å². The Morgan fingerprint density at radius 2 is 0.375 bits per heavy atom. The summed E-state index contributed by atoms with van der Waals surface area (Å²) in [7, 11) is 0. The quantitative estimate of drug-likeness (QED) is 0.0343. The third-order valence-corrected chi connectivity index (χ3v) is 15.4. The van der Waals surface area contributed by atoms with E-state index in [1.54, 1.807) is 0 Å². The Balaban J connectivity index is 3.91. The zero-order valence-electron chi connectivity index (χ0n) is 49.2. The molecule has 0 rings (SSSR count). The van der Waals surface area contributed by atoms with Crippen LogP contribution in [0.25, 0.3) is 0 Å². The van der Waals surface area contributed by atoms with E-state index >= 15 is 0 Å². The van der Waals surface area contributed by atoms with E-state index in [2.05, 4.69) is 20.8 Å². The van der Waals surface area contributed by atoms with E-state index in [1.807, 2.05) is 0 Å². The molecule has 1 unspecified atom stereocenters. The minimum atomic E-state index is -0.760. The number of esters is 3. The number of carbonyl (C=O) groups excluding carboxylic acids is 3. The second-order valence-corrected chi connectivity index (χ2v) is 22.8. The van der Waals surface area contributed by atoms with Gasteiger partial charge in [0.25, 0.3) is 0 Å². The normalized spacial score (nSPS) is 11.9. The molecule has 0 heterocycles. The smallest absolute Gasteiger partial charge is 0.306 e. The lowest BCUT2D eigenvalue weighted by Gasteiger charge is -2.18. The fourth-order valence-corrected chi connectivity index (χ4v) is 10.4. The van der Waals surface area contributed by atoms with Crippen LogP contribution in [0.4, 0.5) is 0 Å². The molecule has 0 aromatic heterocycles. The molecule has 0 fully saturated rings. The second-order valence-electron chi connectivity index (χ2n) is 22.8. The molecule has 0 spiro atoms. The van der Waals surface area contributed by atoms with Crippen molar-refractivity contribution in [3.63, 3.8) is 0 Å². The van der Waals surface area contributed by atoms with Crippen molar-refractivity contribution in [3.05, 3.63) is 0 Å². The molecule has 0 bridgehead atoms. The maximum atomic E-state index is 12.8. The van der Waals surface area contributed by atoms with Crippen LogP contribution in [-0.2, 0) is 28.6 Å². The van der Waals surface area contributed by atoms with Crippen LogP contribution in [0.2, 0.25) is 0 Å². The highest BCUT2D eigenvalue weighted by molar-refractivity contribution is 5.71. The molecule has 428 valence electrons. The van der Waals surface area contributed by atoms with E-state index in [4.69, 9.17) is 14.2 Å². The fraction of sp³-hybridized carbons (Fsp3) is 0.955. The Morgan fingerprint density at radius 1 is 0.222 bits per heavy atom. The average molecular weight is 1020 g/mol. The summed E-state index contributed by atoms with van der Waals surface area (Å²) in [6.07, 6.45) is 71.6. The third-order valence-electron chi connectivity index (χ3n) is 15.4. The molecule has 72 heavy (non-hydrogen) atoms. The molecule has 0 aliphatic heterocycles. The van der Waals surface area contributed by atoms with Crippen molar-refractivity contribution in [2.75, 3.05) is 13.2 Å². The summed E-state index contributed by atoms with van der Waals surface area (Å²) in [5, 5.41) is 0. The molecule has 0 saturated carbocycles. The summed E-state index contributed by atoms with van der Waals surface area (Å²) in [6.45, 7) is 6.69. The molecule has 0 aliphatic rings. The molecule has 0 N–H and O–H groups in total. The number of hydrogen-bond acceptors (Lipinski definition) is 6. The van der Waals surface area contributed by atoms with Crippen molar-refractivity contribution in [2.24, 2.45) is 0 Å². The minimum absolute atomic E-state index is 0.0615. The molecule has 6 heteroatoms. The molecular weight excluding hydrogens is 889 g/mol. The van der Waals surface area contributed by atoms with Crippen molar-refractivity contribution in [2.45, 2.75) is 393 Å². The van der Waals surface area contributed by atoms with Crippen molar-refractivity contribution in [1.29, 1.82) is 0 Å². The number of rotatable bonds is 62. The molecule has 0 aliphatic carbocycles. The average Bonchev–Trinajstić information content (AvgIpc) is 3.38. The monoisotopic (exact) mass is 1020 g/mol. The molecule has 1 atom stereocenters. The van der Waals surface area contributed by atoms with Gasteiger partial charge in [0, 0.05) is 19.3 Å². The molecule has 0 aromatic rings. The van der Waals surface area contributed by atoms with Crippen LogP contribution < -0.4 is 0 Å².